The SMILES string of the molecule is O=Cc1c(F)cc(F)cc1C1OCCO1. The average molecular weight is 214 g/mol. The Balaban J connectivity index is 2.47. The summed E-state index contributed by atoms with van der Waals surface area (Å²) in [5.41, 5.74) is -0.122. The average Bonchev–Trinajstić information content (AvgIpc) is 2.69. The Kier molecular flexibility index (Phi) is 2.75. The summed E-state index contributed by atoms with van der Waals surface area (Å²) >= 11 is 0. The van der Waals surface area contributed by atoms with Gasteiger partial charge in [-0.05, 0) is 6.07 Å². The molecule has 0 unspecified atom stereocenters. The Morgan fingerprint density at radius 3 is 2.53 bits per heavy atom. The molecule has 1 aliphatic heterocycles. The lowest BCUT2D eigenvalue weighted by atomic mass is 10.1. The van der Waals surface area contributed by atoms with E-state index in [2.05, 4.69) is 0 Å². The van der Waals surface area contributed by atoms with Crippen LogP contribution in [-0.2, 0) is 9.47 Å². The van der Waals surface area contributed by atoms with Crippen molar-refractivity contribution in [2.75, 3.05) is 13.2 Å². The van der Waals surface area contributed by atoms with Crippen molar-refractivity contribution in [2.24, 2.45) is 0 Å². The number of carbonyl (C=O) groups is 1. The number of benzene rings is 1. The second kappa shape index (κ2) is 4.04. The highest BCUT2D eigenvalue weighted by molar-refractivity contribution is 5.77. The van der Waals surface area contributed by atoms with Gasteiger partial charge in [0.2, 0.25) is 0 Å². The minimum absolute atomic E-state index is 0.0972. The second-order valence-electron chi connectivity index (χ2n) is 3.08. The molecule has 2 rings (SSSR count). The van der Waals surface area contributed by atoms with Gasteiger partial charge in [-0.25, -0.2) is 8.78 Å². The quantitative estimate of drug-likeness (QED) is 0.704. The number of hydrogen-bond acceptors (Lipinski definition) is 3. The molecule has 0 aromatic heterocycles. The van der Waals surface area contributed by atoms with Crippen LogP contribution in [0.4, 0.5) is 8.78 Å². The van der Waals surface area contributed by atoms with E-state index in [-0.39, 0.29) is 11.1 Å². The van der Waals surface area contributed by atoms with Gasteiger partial charge < -0.3 is 9.47 Å². The maximum Gasteiger partial charge on any atom is 0.184 e. The van der Waals surface area contributed by atoms with Gasteiger partial charge in [0.1, 0.15) is 11.6 Å². The van der Waals surface area contributed by atoms with Crippen molar-refractivity contribution in [2.45, 2.75) is 6.29 Å². The molecular weight excluding hydrogens is 206 g/mol. The first-order valence-corrected chi connectivity index (χ1v) is 4.39. The third-order valence-corrected chi connectivity index (χ3v) is 2.12. The van der Waals surface area contributed by atoms with E-state index in [0.29, 0.717) is 25.6 Å². The van der Waals surface area contributed by atoms with Crippen molar-refractivity contribution in [1.29, 1.82) is 0 Å². The number of carbonyl (C=O) groups excluding carboxylic acids is 1. The highest BCUT2D eigenvalue weighted by Gasteiger charge is 2.24. The fourth-order valence-electron chi connectivity index (χ4n) is 1.46. The van der Waals surface area contributed by atoms with Gasteiger partial charge in [-0.2, -0.15) is 0 Å². The molecule has 0 aliphatic carbocycles. The van der Waals surface area contributed by atoms with Crippen LogP contribution < -0.4 is 0 Å². The molecule has 0 N–H and O–H groups in total. The van der Waals surface area contributed by atoms with Crippen molar-refractivity contribution >= 4 is 6.29 Å². The zero-order valence-corrected chi connectivity index (χ0v) is 7.70. The Morgan fingerprint density at radius 1 is 1.27 bits per heavy atom. The highest BCUT2D eigenvalue weighted by atomic mass is 19.1. The summed E-state index contributed by atoms with van der Waals surface area (Å²) in [6.07, 6.45) is -0.523. The molecule has 1 heterocycles. The van der Waals surface area contributed by atoms with E-state index in [1.54, 1.807) is 0 Å². The molecule has 1 fully saturated rings. The van der Waals surface area contributed by atoms with E-state index >= 15 is 0 Å². The fraction of sp³-hybridized carbons (Fsp3) is 0.300. The molecule has 0 radical (unpaired) electrons. The van der Waals surface area contributed by atoms with Crippen LogP contribution in [0.15, 0.2) is 12.1 Å². The van der Waals surface area contributed by atoms with Crippen molar-refractivity contribution in [3.63, 3.8) is 0 Å². The van der Waals surface area contributed by atoms with Gasteiger partial charge >= 0.3 is 0 Å². The summed E-state index contributed by atoms with van der Waals surface area (Å²) in [6, 6.07) is 1.70. The Bertz CT molecular complexity index is 386. The fourth-order valence-corrected chi connectivity index (χ4v) is 1.46. The van der Waals surface area contributed by atoms with Crippen molar-refractivity contribution in [3.8, 4) is 0 Å². The number of hydrogen-bond donors (Lipinski definition) is 0. The Hall–Kier alpha value is -1.33. The van der Waals surface area contributed by atoms with Crippen LogP contribution in [0.3, 0.4) is 0 Å². The molecular formula is C10H8F2O3. The minimum Gasteiger partial charge on any atom is -0.346 e. The lowest BCUT2D eigenvalue weighted by Crippen LogP contribution is -2.05. The number of aldehydes is 1. The summed E-state index contributed by atoms with van der Waals surface area (Å²) in [5.74, 6) is -1.66. The van der Waals surface area contributed by atoms with Crippen LogP contribution in [0.2, 0.25) is 0 Å². The third-order valence-electron chi connectivity index (χ3n) is 2.12. The maximum absolute atomic E-state index is 13.2. The van der Waals surface area contributed by atoms with E-state index in [0.717, 1.165) is 6.07 Å². The first-order valence-electron chi connectivity index (χ1n) is 4.39. The summed E-state index contributed by atoms with van der Waals surface area (Å²) in [6.45, 7) is 0.697. The zero-order valence-electron chi connectivity index (χ0n) is 7.70. The largest absolute Gasteiger partial charge is 0.346 e. The van der Waals surface area contributed by atoms with Crippen LogP contribution in [0.1, 0.15) is 22.2 Å². The number of ether oxygens (including phenoxy) is 2. The zero-order chi connectivity index (χ0) is 10.8. The lowest BCUT2D eigenvalue weighted by molar-refractivity contribution is -0.0448. The monoisotopic (exact) mass is 214 g/mol. The molecule has 0 bridgehead atoms. The minimum atomic E-state index is -0.904. The molecule has 1 aromatic rings. The van der Waals surface area contributed by atoms with E-state index < -0.39 is 17.9 Å². The Labute approximate surface area is 84.6 Å². The molecule has 0 saturated carbocycles. The topological polar surface area (TPSA) is 35.5 Å². The van der Waals surface area contributed by atoms with Crippen LogP contribution >= 0.6 is 0 Å². The first kappa shape index (κ1) is 10.2. The smallest absolute Gasteiger partial charge is 0.184 e. The van der Waals surface area contributed by atoms with Crippen molar-refractivity contribution in [3.05, 3.63) is 34.9 Å². The molecule has 1 aromatic carbocycles. The van der Waals surface area contributed by atoms with Gasteiger partial charge in [-0.1, -0.05) is 0 Å². The highest BCUT2D eigenvalue weighted by Crippen LogP contribution is 2.27. The van der Waals surface area contributed by atoms with Gasteiger partial charge in [0.15, 0.2) is 12.6 Å². The molecule has 80 valence electrons. The molecule has 1 saturated heterocycles. The van der Waals surface area contributed by atoms with Crippen LogP contribution in [0.25, 0.3) is 0 Å². The third kappa shape index (κ3) is 1.88. The van der Waals surface area contributed by atoms with Crippen LogP contribution in [0.5, 0.6) is 0 Å². The summed E-state index contributed by atoms with van der Waals surface area (Å²) < 4.78 is 36.3. The van der Waals surface area contributed by atoms with Crippen molar-refractivity contribution < 1.29 is 23.0 Å². The van der Waals surface area contributed by atoms with Gasteiger partial charge in [0.25, 0.3) is 0 Å². The summed E-state index contributed by atoms with van der Waals surface area (Å²) in [7, 11) is 0. The van der Waals surface area contributed by atoms with Crippen molar-refractivity contribution in [1.82, 2.24) is 0 Å². The second-order valence-corrected chi connectivity index (χ2v) is 3.08. The molecule has 1 aliphatic rings. The standard InChI is InChI=1S/C10H8F2O3/c11-6-3-7(10-14-1-2-15-10)8(5-13)9(12)4-6/h3-5,10H,1-2H2. The number of halogens is 2. The normalized spacial score (nSPS) is 16.9. The molecule has 0 amide bonds. The molecule has 0 atom stereocenters. The first-order chi connectivity index (χ1) is 7.22. The molecule has 5 heteroatoms. The lowest BCUT2D eigenvalue weighted by Gasteiger charge is -2.12. The van der Waals surface area contributed by atoms with Crippen LogP contribution in [0, 0.1) is 11.6 Å². The number of rotatable bonds is 2. The van der Waals surface area contributed by atoms with E-state index in [1.807, 2.05) is 0 Å². The van der Waals surface area contributed by atoms with E-state index in [1.165, 1.54) is 0 Å². The molecule has 0 spiro atoms. The summed E-state index contributed by atoms with van der Waals surface area (Å²) in [4.78, 5) is 10.6. The van der Waals surface area contributed by atoms with E-state index in [9.17, 15) is 13.6 Å². The van der Waals surface area contributed by atoms with Gasteiger partial charge in [-0.15, -0.1) is 0 Å². The summed E-state index contributed by atoms with van der Waals surface area (Å²) in [5, 5.41) is 0. The predicted octanol–water partition coefficient (Wildman–Crippen LogP) is 1.82. The predicted molar refractivity (Wildman–Crippen MR) is 46.4 cm³/mol. The molecule has 3 nitrogen and oxygen atoms in total. The molecule has 15 heavy (non-hydrogen) atoms. The van der Waals surface area contributed by atoms with Gasteiger partial charge in [0.05, 0.1) is 18.8 Å². The maximum atomic E-state index is 13.2. The van der Waals surface area contributed by atoms with Gasteiger partial charge in [-0.3, -0.25) is 4.79 Å². The van der Waals surface area contributed by atoms with E-state index in [4.69, 9.17) is 9.47 Å². The Morgan fingerprint density at radius 2 is 1.93 bits per heavy atom. The van der Waals surface area contributed by atoms with Crippen LogP contribution in [-0.4, -0.2) is 19.5 Å². The van der Waals surface area contributed by atoms with Gasteiger partial charge in [0, 0.05) is 11.6 Å².